The van der Waals surface area contributed by atoms with Crippen molar-refractivity contribution in [3.63, 3.8) is 0 Å². The summed E-state index contributed by atoms with van der Waals surface area (Å²) in [5, 5.41) is 1.91. The van der Waals surface area contributed by atoms with Crippen LogP contribution in [0.15, 0.2) is 83.8 Å². The van der Waals surface area contributed by atoms with E-state index in [1.807, 2.05) is 84.6 Å². The van der Waals surface area contributed by atoms with E-state index in [4.69, 9.17) is 0 Å². The topological polar surface area (TPSA) is 66.5 Å². The summed E-state index contributed by atoms with van der Waals surface area (Å²) in [6.45, 7) is 3.13. The molecule has 4 rings (SSSR count). The van der Waals surface area contributed by atoms with Crippen LogP contribution in [0, 0.1) is 0 Å². The van der Waals surface area contributed by atoms with E-state index in [1.165, 1.54) is 0 Å². The zero-order chi connectivity index (χ0) is 22.5. The van der Waals surface area contributed by atoms with Gasteiger partial charge in [-0.3, -0.25) is 19.7 Å². The summed E-state index contributed by atoms with van der Waals surface area (Å²) in [7, 11) is 0. The number of rotatable bonds is 6. The first-order chi connectivity index (χ1) is 15.5. The molecular weight excluding hydrogens is 420 g/mol. The van der Waals surface area contributed by atoms with E-state index >= 15 is 0 Å². The van der Waals surface area contributed by atoms with Gasteiger partial charge in [-0.2, -0.15) is 0 Å². The van der Waals surface area contributed by atoms with Crippen LogP contribution in [0.5, 0.6) is 0 Å². The van der Waals surface area contributed by atoms with Crippen molar-refractivity contribution in [1.82, 2.24) is 10.2 Å². The van der Waals surface area contributed by atoms with E-state index in [2.05, 4.69) is 11.4 Å². The minimum absolute atomic E-state index is 0.0168. The van der Waals surface area contributed by atoms with Gasteiger partial charge < -0.3 is 4.90 Å². The summed E-state index contributed by atoms with van der Waals surface area (Å²) in [6.07, 6.45) is 1.71. The molecule has 1 N–H and O–H groups in total. The molecule has 6 heteroatoms. The average molecular weight is 443 g/mol. The first-order valence-electron chi connectivity index (χ1n) is 10.3. The first-order valence-corrected chi connectivity index (χ1v) is 11.1. The Hall–Kier alpha value is -3.64. The molecule has 1 saturated heterocycles. The van der Waals surface area contributed by atoms with Crippen LogP contribution >= 0.6 is 11.8 Å². The molecule has 0 aromatic heterocycles. The summed E-state index contributed by atoms with van der Waals surface area (Å²) in [5.41, 5.74) is 4.67. The number of amides is 3. The fourth-order valence-electron chi connectivity index (χ4n) is 3.50. The van der Waals surface area contributed by atoms with Gasteiger partial charge in [0.15, 0.2) is 0 Å². The third kappa shape index (κ3) is 4.98. The zero-order valence-electron chi connectivity index (χ0n) is 17.6. The molecule has 0 radical (unpaired) electrons. The Morgan fingerprint density at radius 3 is 2.34 bits per heavy atom. The van der Waals surface area contributed by atoms with E-state index in [0.29, 0.717) is 23.6 Å². The van der Waals surface area contributed by atoms with Gasteiger partial charge in [-0.05, 0) is 65.2 Å². The van der Waals surface area contributed by atoms with Crippen LogP contribution in [-0.4, -0.2) is 28.5 Å². The van der Waals surface area contributed by atoms with Crippen molar-refractivity contribution < 1.29 is 14.4 Å². The first kappa shape index (κ1) is 21.6. The summed E-state index contributed by atoms with van der Waals surface area (Å²) in [6, 6.07) is 25.3. The fourth-order valence-corrected chi connectivity index (χ4v) is 4.19. The highest BCUT2D eigenvalue weighted by Gasteiger charge is 2.24. The molecule has 0 saturated carbocycles. The number of benzene rings is 3. The number of imide groups is 1. The van der Waals surface area contributed by atoms with Crippen molar-refractivity contribution in [2.75, 3.05) is 6.54 Å². The van der Waals surface area contributed by atoms with Crippen molar-refractivity contribution in [3.8, 4) is 11.1 Å². The second-order valence-corrected chi connectivity index (χ2v) is 8.37. The third-order valence-corrected chi connectivity index (χ3v) is 5.98. The second-order valence-electron chi connectivity index (χ2n) is 7.36. The van der Waals surface area contributed by atoms with Crippen LogP contribution in [-0.2, 0) is 11.3 Å². The van der Waals surface area contributed by atoms with Gasteiger partial charge in [0.05, 0.1) is 4.91 Å². The number of nitrogens with one attached hydrogen (secondary N) is 1. The molecule has 5 nitrogen and oxygen atoms in total. The standard InChI is InChI=1S/C26H22N2O3S/c1-2-28(25(30)21-8-4-3-5-9-21)17-19-7-6-10-22(15-19)20-13-11-18(12-14-20)16-23-24(29)27-26(31)32-23/h3-16H,2,17H2,1H3,(H,27,29,31)/b23-16+. The Morgan fingerprint density at radius 2 is 1.69 bits per heavy atom. The molecule has 0 aliphatic carbocycles. The molecule has 3 aromatic carbocycles. The summed E-state index contributed by atoms with van der Waals surface area (Å²) in [5.74, 6) is -0.342. The van der Waals surface area contributed by atoms with Crippen LogP contribution in [0.25, 0.3) is 17.2 Å². The van der Waals surface area contributed by atoms with E-state index < -0.39 is 0 Å². The van der Waals surface area contributed by atoms with Gasteiger partial charge in [-0.25, -0.2) is 0 Å². The number of nitrogens with zero attached hydrogens (tertiary/aromatic N) is 1. The Balaban J connectivity index is 1.50. The summed E-state index contributed by atoms with van der Waals surface area (Å²) >= 11 is 0.909. The highest BCUT2D eigenvalue weighted by atomic mass is 32.2. The average Bonchev–Trinajstić information content (AvgIpc) is 3.14. The van der Waals surface area contributed by atoms with Crippen molar-refractivity contribution in [2.45, 2.75) is 13.5 Å². The van der Waals surface area contributed by atoms with Crippen LogP contribution in [0.4, 0.5) is 4.79 Å². The molecular formula is C26H22N2O3S. The minimum atomic E-state index is -0.359. The maximum atomic E-state index is 12.8. The Kier molecular flexibility index (Phi) is 6.52. The van der Waals surface area contributed by atoms with Crippen molar-refractivity contribution in [3.05, 3.63) is 100 Å². The Bertz CT molecular complexity index is 1190. The Labute approximate surface area is 191 Å². The molecule has 1 fully saturated rings. The van der Waals surface area contributed by atoms with E-state index in [1.54, 1.807) is 6.08 Å². The third-order valence-electron chi connectivity index (χ3n) is 5.17. The molecule has 3 amide bonds. The van der Waals surface area contributed by atoms with E-state index in [0.717, 1.165) is 34.0 Å². The molecule has 3 aromatic rings. The van der Waals surface area contributed by atoms with Crippen molar-refractivity contribution >= 4 is 34.9 Å². The van der Waals surface area contributed by atoms with Crippen LogP contribution in [0.3, 0.4) is 0 Å². The molecule has 1 aliphatic rings. The second kappa shape index (κ2) is 9.66. The molecule has 0 unspecified atom stereocenters. The molecule has 0 atom stereocenters. The molecule has 1 heterocycles. The number of hydrogen-bond donors (Lipinski definition) is 1. The Morgan fingerprint density at radius 1 is 0.938 bits per heavy atom. The minimum Gasteiger partial charge on any atom is -0.335 e. The number of thioether (sulfide) groups is 1. The number of hydrogen-bond acceptors (Lipinski definition) is 4. The van der Waals surface area contributed by atoms with Crippen LogP contribution < -0.4 is 5.32 Å². The zero-order valence-corrected chi connectivity index (χ0v) is 18.4. The maximum Gasteiger partial charge on any atom is 0.290 e. The highest BCUT2D eigenvalue weighted by Crippen LogP contribution is 2.27. The lowest BCUT2D eigenvalue weighted by molar-refractivity contribution is -0.115. The maximum absolute atomic E-state index is 12.8. The van der Waals surface area contributed by atoms with Gasteiger partial charge in [-0.1, -0.05) is 60.7 Å². The highest BCUT2D eigenvalue weighted by molar-refractivity contribution is 8.18. The van der Waals surface area contributed by atoms with E-state index in [9.17, 15) is 14.4 Å². The van der Waals surface area contributed by atoms with Crippen LogP contribution in [0.1, 0.15) is 28.4 Å². The van der Waals surface area contributed by atoms with Gasteiger partial charge in [0.2, 0.25) is 0 Å². The quantitative estimate of drug-likeness (QED) is 0.523. The monoisotopic (exact) mass is 442 g/mol. The van der Waals surface area contributed by atoms with Gasteiger partial charge in [0.25, 0.3) is 17.1 Å². The smallest absolute Gasteiger partial charge is 0.290 e. The van der Waals surface area contributed by atoms with Crippen LogP contribution in [0.2, 0.25) is 0 Å². The lowest BCUT2D eigenvalue weighted by Crippen LogP contribution is -2.30. The fraction of sp³-hybridized carbons (Fsp3) is 0.115. The lowest BCUT2D eigenvalue weighted by atomic mass is 10.0. The summed E-state index contributed by atoms with van der Waals surface area (Å²) in [4.78, 5) is 38.1. The van der Waals surface area contributed by atoms with Gasteiger partial charge in [0.1, 0.15) is 0 Å². The lowest BCUT2D eigenvalue weighted by Gasteiger charge is -2.21. The predicted molar refractivity (Wildman–Crippen MR) is 128 cm³/mol. The van der Waals surface area contributed by atoms with E-state index in [-0.39, 0.29) is 17.1 Å². The molecule has 0 spiro atoms. The largest absolute Gasteiger partial charge is 0.335 e. The SMILES string of the molecule is CCN(Cc1cccc(-c2ccc(/C=C3/SC(=O)NC3=O)cc2)c1)C(=O)c1ccccc1. The van der Waals surface area contributed by atoms with Gasteiger partial charge in [0, 0.05) is 18.7 Å². The van der Waals surface area contributed by atoms with Crippen molar-refractivity contribution in [1.29, 1.82) is 0 Å². The van der Waals surface area contributed by atoms with Gasteiger partial charge in [-0.15, -0.1) is 0 Å². The molecule has 32 heavy (non-hydrogen) atoms. The molecule has 0 bridgehead atoms. The molecule has 160 valence electrons. The summed E-state index contributed by atoms with van der Waals surface area (Å²) < 4.78 is 0. The number of carbonyl (C=O) groups is 3. The van der Waals surface area contributed by atoms with Gasteiger partial charge >= 0.3 is 0 Å². The predicted octanol–water partition coefficient (Wildman–Crippen LogP) is 5.34. The van der Waals surface area contributed by atoms with Crippen molar-refractivity contribution in [2.24, 2.45) is 0 Å². The molecule has 1 aliphatic heterocycles. The number of carbonyl (C=O) groups excluding carboxylic acids is 3. The normalized spacial score (nSPS) is 14.5.